The van der Waals surface area contributed by atoms with Gasteiger partial charge in [0.15, 0.2) is 0 Å². The quantitative estimate of drug-likeness (QED) is 0.164. The largest absolute Gasteiger partial charge is 2.00 e. The molecule has 0 spiro atoms. The van der Waals surface area contributed by atoms with Crippen LogP contribution in [0.2, 0.25) is 0 Å². The van der Waals surface area contributed by atoms with Gasteiger partial charge in [-0.3, -0.25) is 0 Å². The van der Waals surface area contributed by atoms with Crippen molar-refractivity contribution < 1.29 is 43.0 Å². The van der Waals surface area contributed by atoms with E-state index in [1.807, 2.05) is 27.7 Å². The van der Waals surface area contributed by atoms with Crippen molar-refractivity contribution in [3.05, 3.63) is 62.1 Å². The molecular weight excluding hydrogens is 415 g/mol. The summed E-state index contributed by atoms with van der Waals surface area (Å²) in [6.45, 7) is 11.8. The third kappa shape index (κ3) is 31.1. The van der Waals surface area contributed by atoms with E-state index in [1.54, 1.807) is 0 Å². The maximum absolute atomic E-state index is 9.75. The molecule has 0 amide bonds. The molecule has 7 heteroatoms. The number of fused-ring (bicyclic) bond motifs is 1. The molecule has 0 heterocycles. The Morgan fingerprint density at radius 2 is 1.00 bits per heavy atom. The van der Waals surface area contributed by atoms with E-state index < -0.39 is 7.25 Å². The van der Waals surface area contributed by atoms with Gasteiger partial charge >= 0.3 is 39.6 Å². The van der Waals surface area contributed by atoms with Crippen LogP contribution in [0.4, 0.5) is 17.3 Å². The van der Waals surface area contributed by atoms with E-state index in [4.69, 9.17) is 4.65 Å². The number of allylic oxidation sites excluding steroid dienone is 4. The zero-order valence-electron chi connectivity index (χ0n) is 14.4. The van der Waals surface area contributed by atoms with Crippen molar-refractivity contribution in [2.45, 2.75) is 27.7 Å². The van der Waals surface area contributed by atoms with Crippen molar-refractivity contribution in [3.8, 4) is 23.7 Å². The second-order valence-electron chi connectivity index (χ2n) is 3.65. The molecule has 1 saturated carbocycles. The van der Waals surface area contributed by atoms with Gasteiger partial charge in [-0.05, 0) is 47.0 Å². The third-order valence-corrected chi connectivity index (χ3v) is 2.05. The van der Waals surface area contributed by atoms with E-state index in [2.05, 4.69) is 73.9 Å². The summed E-state index contributed by atoms with van der Waals surface area (Å²) in [7, 11) is -6.00. The summed E-state index contributed by atoms with van der Waals surface area (Å²) < 4.78 is 46.5. The fraction of sp³-hybridized carbons (Fsp3) is 0.222. The van der Waals surface area contributed by atoms with E-state index in [1.165, 1.54) is 11.8 Å². The van der Waals surface area contributed by atoms with Gasteiger partial charge in [-0.25, -0.2) is 0 Å². The van der Waals surface area contributed by atoms with Gasteiger partial charge in [-0.2, -0.15) is 0 Å². The van der Waals surface area contributed by atoms with E-state index in [0.29, 0.717) is 0 Å². The molecule has 2 aliphatic rings. The Morgan fingerprint density at radius 1 is 0.760 bits per heavy atom. The Labute approximate surface area is 163 Å². The minimum atomic E-state index is -6.00. The van der Waals surface area contributed by atoms with Crippen molar-refractivity contribution >= 4 is 7.25 Å². The normalized spacial score (nSPS) is 13.4. The van der Waals surface area contributed by atoms with Crippen LogP contribution in [0.15, 0.2) is 24.3 Å². The second kappa shape index (κ2) is 22.8. The van der Waals surface area contributed by atoms with E-state index >= 15 is 0 Å². The molecule has 0 aromatic carbocycles. The van der Waals surface area contributed by atoms with Gasteiger partial charge in [0.25, 0.3) is 0 Å². The Bertz CT molecular complexity index is 436. The summed E-state index contributed by atoms with van der Waals surface area (Å²) in [6, 6.07) is 0. The third-order valence-electron chi connectivity index (χ3n) is 2.05. The number of hydrogen-bond donors (Lipinski definition) is 0. The van der Waals surface area contributed by atoms with Crippen molar-refractivity contribution in [2.24, 2.45) is 0 Å². The first kappa shape index (κ1) is 31.6. The molecule has 1 nitrogen and oxygen atoms in total. The van der Waals surface area contributed by atoms with E-state index in [9.17, 15) is 17.3 Å². The van der Waals surface area contributed by atoms with Crippen LogP contribution >= 0.6 is 0 Å². The summed E-state index contributed by atoms with van der Waals surface area (Å²) in [4.78, 5) is 0. The molecule has 2 rings (SSSR count). The van der Waals surface area contributed by atoms with E-state index in [0.717, 1.165) is 0 Å². The zero-order chi connectivity index (χ0) is 19.4. The monoisotopic (exact) mass is 436 g/mol. The SMILES string of the molecule is CC#CC.CC#CC.F[B-](F)(F)F.[C-]#[O+].[CH]1[CH][C]2C=CC=C[C]2[CH]1.[Mo+2]. The molecule has 133 valence electrons. The van der Waals surface area contributed by atoms with Crippen LogP contribution in [-0.2, 0) is 25.7 Å². The summed E-state index contributed by atoms with van der Waals surface area (Å²) in [5.74, 6) is 13.4. The predicted molar refractivity (Wildman–Crippen MR) is 90.0 cm³/mol. The van der Waals surface area contributed by atoms with Crippen LogP contribution in [0.5, 0.6) is 0 Å². The molecule has 0 bridgehead atoms. The van der Waals surface area contributed by atoms with Crippen molar-refractivity contribution in [2.75, 3.05) is 0 Å². The topological polar surface area (TPSA) is 19.9 Å². The molecule has 0 unspecified atom stereocenters. The number of rotatable bonds is 0. The number of halogens is 4. The summed E-state index contributed by atoms with van der Waals surface area (Å²) in [6.07, 6.45) is 14.7. The maximum atomic E-state index is 9.75. The first-order chi connectivity index (χ1) is 11.3. The van der Waals surface area contributed by atoms with Crippen LogP contribution in [0.25, 0.3) is 0 Å². The Hall–Kier alpha value is -1.19. The number of hydrogen-bond acceptors (Lipinski definition) is 0. The average molecular weight is 434 g/mol. The molecule has 5 radical (unpaired) electrons. The molecular formula is C18H19BF4MoO+. The van der Waals surface area contributed by atoms with Crippen LogP contribution < -0.4 is 0 Å². The maximum Gasteiger partial charge on any atom is 2.00 e. The molecule has 0 aromatic rings. The van der Waals surface area contributed by atoms with Crippen LogP contribution in [0.1, 0.15) is 27.7 Å². The minimum absolute atomic E-state index is 0. The van der Waals surface area contributed by atoms with Crippen molar-refractivity contribution in [1.82, 2.24) is 0 Å². The summed E-state index contributed by atoms with van der Waals surface area (Å²) in [5.41, 5.74) is 0. The summed E-state index contributed by atoms with van der Waals surface area (Å²) in [5, 5.41) is 0. The first-order valence-electron chi connectivity index (χ1n) is 6.65. The molecule has 1 fully saturated rings. The van der Waals surface area contributed by atoms with Gasteiger partial charge in [0, 0.05) is 11.8 Å². The smallest absolute Gasteiger partial charge is 0.0762 e. The molecule has 0 N–H and O–H groups in total. The van der Waals surface area contributed by atoms with Gasteiger partial charge in [0.05, 0.1) is 0 Å². The molecule has 0 aromatic heterocycles. The van der Waals surface area contributed by atoms with Crippen LogP contribution in [0, 0.1) is 61.4 Å². The zero-order valence-corrected chi connectivity index (χ0v) is 16.5. The Balaban J connectivity index is -0.000000121. The minimum Gasteiger partial charge on any atom is -0.0762 e. The Kier molecular flexibility index (Phi) is 28.8. The predicted octanol–water partition coefficient (Wildman–Crippen LogP) is 5.21. The van der Waals surface area contributed by atoms with E-state index in [-0.39, 0.29) is 21.1 Å². The van der Waals surface area contributed by atoms with Crippen molar-refractivity contribution in [3.63, 3.8) is 0 Å². The fourth-order valence-corrected chi connectivity index (χ4v) is 1.07. The average Bonchev–Trinajstić information content (AvgIpc) is 3.04. The van der Waals surface area contributed by atoms with Crippen LogP contribution in [0.3, 0.4) is 0 Å². The van der Waals surface area contributed by atoms with Gasteiger partial charge in [-0.1, -0.05) is 24.3 Å². The van der Waals surface area contributed by atoms with Gasteiger partial charge in [0.2, 0.25) is 0 Å². The van der Waals surface area contributed by atoms with Gasteiger partial charge in [0.1, 0.15) is 0 Å². The first-order valence-corrected chi connectivity index (χ1v) is 6.65. The summed E-state index contributed by atoms with van der Waals surface area (Å²) >= 11 is 0. The fourth-order valence-electron chi connectivity index (χ4n) is 1.07. The van der Waals surface area contributed by atoms with Crippen molar-refractivity contribution in [1.29, 1.82) is 0 Å². The molecule has 0 saturated heterocycles. The molecule has 0 aliphatic heterocycles. The van der Waals surface area contributed by atoms with Gasteiger partial charge in [-0.15, -0.1) is 23.7 Å². The molecule has 25 heavy (non-hydrogen) atoms. The van der Waals surface area contributed by atoms with Crippen LogP contribution in [-0.4, -0.2) is 7.25 Å². The molecule has 2 aliphatic carbocycles. The standard InChI is InChI=1S/C9H7.2C4H6.CO.BF4.Mo/c1-2-5-9-7-3-6-8(9)4-1;2*1-3-4-2;1-2;2-1(3,4)5;/h1-7H;2*1-2H3;;;/q;;;;-1;+2. The van der Waals surface area contributed by atoms with Gasteiger partial charge < -0.3 is 17.3 Å². The Morgan fingerprint density at radius 3 is 1.20 bits per heavy atom. The molecule has 0 atom stereocenters. The second-order valence-corrected chi connectivity index (χ2v) is 3.65.